The van der Waals surface area contributed by atoms with Gasteiger partial charge in [-0.3, -0.25) is 9.59 Å². The van der Waals surface area contributed by atoms with Gasteiger partial charge in [0, 0.05) is 44.4 Å². The molecule has 1 aromatic rings. The lowest BCUT2D eigenvalue weighted by Gasteiger charge is -2.37. The molecule has 1 atom stereocenters. The van der Waals surface area contributed by atoms with E-state index < -0.39 is 6.04 Å². The van der Waals surface area contributed by atoms with Gasteiger partial charge in [0.2, 0.25) is 11.8 Å². The number of hydrogen-bond donors (Lipinski definition) is 1. The van der Waals surface area contributed by atoms with Crippen molar-refractivity contribution in [2.24, 2.45) is 11.7 Å². The van der Waals surface area contributed by atoms with E-state index >= 15 is 0 Å². The van der Waals surface area contributed by atoms with Gasteiger partial charge in [0.25, 0.3) is 0 Å². The van der Waals surface area contributed by atoms with Crippen molar-refractivity contribution in [1.29, 1.82) is 0 Å². The first-order valence-electron chi connectivity index (χ1n) is 9.19. The molecule has 1 aromatic carbocycles. The standard InChI is InChI=1S/C19H26ClN3O3/c20-16-3-1-14(2-4-16)13-17(24)22-7-9-23(10-8-22)19(25)18(21)15-5-11-26-12-6-15/h1-4,15,18H,5-13,21H2. The predicted octanol–water partition coefficient (Wildman–Crippen LogP) is 1.31. The number of nitrogens with zero attached hydrogens (tertiary/aromatic N) is 2. The number of rotatable bonds is 4. The van der Waals surface area contributed by atoms with Crippen molar-refractivity contribution in [3.05, 3.63) is 34.9 Å². The van der Waals surface area contributed by atoms with Crippen molar-refractivity contribution in [1.82, 2.24) is 9.80 Å². The summed E-state index contributed by atoms with van der Waals surface area (Å²) < 4.78 is 5.34. The molecule has 0 aromatic heterocycles. The van der Waals surface area contributed by atoms with E-state index in [0.717, 1.165) is 18.4 Å². The first-order valence-corrected chi connectivity index (χ1v) is 9.56. The molecule has 6 nitrogen and oxygen atoms in total. The van der Waals surface area contributed by atoms with Crippen molar-refractivity contribution in [2.45, 2.75) is 25.3 Å². The van der Waals surface area contributed by atoms with Crippen LogP contribution in [0.15, 0.2) is 24.3 Å². The summed E-state index contributed by atoms with van der Waals surface area (Å²) in [6.07, 6.45) is 2.03. The Labute approximate surface area is 159 Å². The first-order chi connectivity index (χ1) is 12.5. The molecule has 0 radical (unpaired) electrons. The third kappa shape index (κ3) is 4.75. The highest BCUT2D eigenvalue weighted by molar-refractivity contribution is 6.30. The molecule has 1 unspecified atom stereocenters. The summed E-state index contributed by atoms with van der Waals surface area (Å²) in [6, 6.07) is 6.85. The van der Waals surface area contributed by atoms with Gasteiger partial charge in [-0.05, 0) is 36.5 Å². The monoisotopic (exact) mass is 379 g/mol. The molecule has 2 fully saturated rings. The number of hydrogen-bond acceptors (Lipinski definition) is 4. The zero-order valence-corrected chi connectivity index (χ0v) is 15.7. The Morgan fingerprint density at radius 3 is 2.27 bits per heavy atom. The Bertz CT molecular complexity index is 623. The van der Waals surface area contributed by atoms with Crippen molar-refractivity contribution in [3.63, 3.8) is 0 Å². The van der Waals surface area contributed by atoms with E-state index in [0.29, 0.717) is 50.8 Å². The van der Waals surface area contributed by atoms with Crippen LogP contribution in [0.1, 0.15) is 18.4 Å². The Morgan fingerprint density at radius 2 is 1.65 bits per heavy atom. The molecule has 2 aliphatic heterocycles. The summed E-state index contributed by atoms with van der Waals surface area (Å²) >= 11 is 5.87. The highest BCUT2D eigenvalue weighted by Gasteiger charge is 2.32. The Hall–Kier alpha value is -1.63. The lowest BCUT2D eigenvalue weighted by Crippen LogP contribution is -2.56. The minimum absolute atomic E-state index is 0.00157. The molecular formula is C19H26ClN3O3. The number of halogens is 1. The van der Waals surface area contributed by atoms with Gasteiger partial charge in [0.1, 0.15) is 0 Å². The second kappa shape index (κ2) is 8.84. The van der Waals surface area contributed by atoms with Gasteiger partial charge in [0.15, 0.2) is 0 Å². The van der Waals surface area contributed by atoms with Crippen LogP contribution < -0.4 is 5.73 Å². The molecular weight excluding hydrogens is 354 g/mol. The van der Waals surface area contributed by atoms with Crippen LogP contribution in [0.5, 0.6) is 0 Å². The highest BCUT2D eigenvalue weighted by atomic mass is 35.5. The average Bonchev–Trinajstić information content (AvgIpc) is 2.69. The minimum Gasteiger partial charge on any atom is -0.381 e. The second-order valence-corrected chi connectivity index (χ2v) is 7.42. The molecule has 26 heavy (non-hydrogen) atoms. The summed E-state index contributed by atoms with van der Waals surface area (Å²) in [5, 5.41) is 0.661. The summed E-state index contributed by atoms with van der Waals surface area (Å²) in [6.45, 7) is 3.55. The lowest BCUT2D eigenvalue weighted by atomic mass is 9.91. The third-order valence-electron chi connectivity index (χ3n) is 5.27. The SMILES string of the molecule is NC(C(=O)N1CCN(C(=O)Cc2ccc(Cl)cc2)CC1)C1CCOCC1. The zero-order chi connectivity index (χ0) is 18.5. The van der Waals surface area contributed by atoms with Gasteiger partial charge >= 0.3 is 0 Å². The number of carbonyl (C=O) groups excluding carboxylic acids is 2. The quantitative estimate of drug-likeness (QED) is 0.855. The van der Waals surface area contributed by atoms with Crippen LogP contribution in [-0.2, 0) is 20.7 Å². The van der Waals surface area contributed by atoms with E-state index in [9.17, 15) is 9.59 Å². The van der Waals surface area contributed by atoms with Crippen molar-refractivity contribution in [2.75, 3.05) is 39.4 Å². The van der Waals surface area contributed by atoms with E-state index in [-0.39, 0.29) is 17.7 Å². The van der Waals surface area contributed by atoms with E-state index in [1.807, 2.05) is 17.0 Å². The van der Waals surface area contributed by atoms with Crippen LogP contribution in [0, 0.1) is 5.92 Å². The molecule has 2 saturated heterocycles. The maximum atomic E-state index is 12.6. The number of ether oxygens (including phenoxy) is 1. The maximum absolute atomic E-state index is 12.6. The molecule has 2 N–H and O–H groups in total. The summed E-state index contributed by atoms with van der Waals surface area (Å²) in [7, 11) is 0. The predicted molar refractivity (Wildman–Crippen MR) is 99.8 cm³/mol. The third-order valence-corrected chi connectivity index (χ3v) is 5.52. The van der Waals surface area contributed by atoms with Crippen LogP contribution in [0.2, 0.25) is 5.02 Å². The minimum atomic E-state index is -0.463. The fourth-order valence-electron chi connectivity index (χ4n) is 3.55. The molecule has 0 aliphatic carbocycles. The molecule has 2 aliphatic rings. The number of amides is 2. The van der Waals surface area contributed by atoms with E-state index in [1.165, 1.54) is 0 Å². The zero-order valence-electron chi connectivity index (χ0n) is 14.9. The van der Waals surface area contributed by atoms with Crippen molar-refractivity contribution < 1.29 is 14.3 Å². The van der Waals surface area contributed by atoms with Crippen molar-refractivity contribution >= 4 is 23.4 Å². The fourth-order valence-corrected chi connectivity index (χ4v) is 3.68. The smallest absolute Gasteiger partial charge is 0.239 e. The maximum Gasteiger partial charge on any atom is 0.239 e. The second-order valence-electron chi connectivity index (χ2n) is 6.98. The Kier molecular flexibility index (Phi) is 6.51. The van der Waals surface area contributed by atoms with Gasteiger partial charge in [-0.1, -0.05) is 23.7 Å². The largest absolute Gasteiger partial charge is 0.381 e. The van der Waals surface area contributed by atoms with Crippen LogP contribution in [0.4, 0.5) is 0 Å². The molecule has 0 saturated carbocycles. The van der Waals surface area contributed by atoms with Gasteiger partial charge < -0.3 is 20.3 Å². The molecule has 2 heterocycles. The average molecular weight is 380 g/mol. The lowest BCUT2D eigenvalue weighted by molar-refractivity contribution is -0.141. The highest BCUT2D eigenvalue weighted by Crippen LogP contribution is 2.19. The number of piperazine rings is 1. The Morgan fingerprint density at radius 1 is 1.08 bits per heavy atom. The van der Waals surface area contributed by atoms with Crippen LogP contribution in [0.3, 0.4) is 0 Å². The number of carbonyl (C=O) groups is 2. The summed E-state index contributed by atoms with van der Waals surface area (Å²) in [5.74, 6) is 0.274. The van der Waals surface area contributed by atoms with Gasteiger partial charge in [0.05, 0.1) is 12.5 Å². The van der Waals surface area contributed by atoms with Crippen molar-refractivity contribution in [3.8, 4) is 0 Å². The fraction of sp³-hybridized carbons (Fsp3) is 0.579. The first kappa shape index (κ1) is 19.1. The topological polar surface area (TPSA) is 75.9 Å². The normalized spacial score (nSPS) is 20.1. The molecule has 3 rings (SSSR count). The van der Waals surface area contributed by atoms with Gasteiger partial charge in [-0.25, -0.2) is 0 Å². The van der Waals surface area contributed by atoms with Crippen LogP contribution >= 0.6 is 11.6 Å². The summed E-state index contributed by atoms with van der Waals surface area (Å²) in [5.41, 5.74) is 7.14. The van der Waals surface area contributed by atoms with Crippen LogP contribution in [0.25, 0.3) is 0 Å². The van der Waals surface area contributed by atoms with E-state index in [4.69, 9.17) is 22.1 Å². The number of benzene rings is 1. The number of nitrogens with two attached hydrogens (primary N) is 1. The van der Waals surface area contributed by atoms with E-state index in [2.05, 4.69) is 0 Å². The van der Waals surface area contributed by atoms with Gasteiger partial charge in [-0.2, -0.15) is 0 Å². The Balaban J connectivity index is 1.47. The summed E-state index contributed by atoms with van der Waals surface area (Å²) in [4.78, 5) is 28.7. The molecule has 2 amide bonds. The molecule has 0 bridgehead atoms. The molecule has 0 spiro atoms. The molecule has 7 heteroatoms. The van der Waals surface area contributed by atoms with Crippen LogP contribution in [-0.4, -0.2) is 67.0 Å². The van der Waals surface area contributed by atoms with Gasteiger partial charge in [-0.15, -0.1) is 0 Å². The van der Waals surface area contributed by atoms with E-state index in [1.54, 1.807) is 17.0 Å². The molecule has 142 valence electrons.